The predicted molar refractivity (Wildman–Crippen MR) is 81.3 cm³/mol. The van der Waals surface area contributed by atoms with E-state index in [1.165, 1.54) is 6.92 Å². The van der Waals surface area contributed by atoms with Crippen LogP contribution in [0.1, 0.15) is 45.4 Å². The Morgan fingerprint density at radius 3 is 1.85 bits per heavy atom. The molecule has 0 fully saturated rings. The van der Waals surface area contributed by atoms with Crippen LogP contribution in [0.15, 0.2) is 0 Å². The number of amides is 1. The molecule has 6 N–H and O–H groups in total. The Labute approximate surface area is 122 Å². The van der Waals surface area contributed by atoms with Crippen molar-refractivity contribution in [3.63, 3.8) is 0 Å². The molecule has 0 rings (SSSR count). The van der Waals surface area contributed by atoms with Crippen LogP contribution < -0.4 is 22.1 Å². The Kier molecular flexibility index (Phi) is 11.2. The molecule has 6 heteroatoms. The molecule has 0 aliphatic heterocycles. The fraction of sp³-hybridized carbons (Fsp3) is 0.857. The Morgan fingerprint density at radius 1 is 0.950 bits per heavy atom. The van der Waals surface area contributed by atoms with Gasteiger partial charge in [0.25, 0.3) is 0 Å². The van der Waals surface area contributed by atoms with Gasteiger partial charge in [-0.1, -0.05) is 6.42 Å². The number of hydrogen-bond donors (Lipinski definition) is 4. The van der Waals surface area contributed by atoms with Crippen LogP contribution in [0.25, 0.3) is 0 Å². The lowest BCUT2D eigenvalue weighted by Crippen LogP contribution is -2.49. The first kappa shape index (κ1) is 19.0. The summed E-state index contributed by atoms with van der Waals surface area (Å²) in [5, 5.41) is 5.82. The summed E-state index contributed by atoms with van der Waals surface area (Å²) >= 11 is 0. The summed E-state index contributed by atoms with van der Waals surface area (Å²) < 4.78 is 0. The van der Waals surface area contributed by atoms with Crippen molar-refractivity contribution in [2.24, 2.45) is 11.5 Å². The normalized spacial score (nSPS) is 13.8. The van der Waals surface area contributed by atoms with Crippen LogP contribution in [-0.4, -0.2) is 43.9 Å². The first-order valence-corrected chi connectivity index (χ1v) is 7.45. The number of ketones is 1. The third-order valence-corrected chi connectivity index (χ3v) is 3.37. The fourth-order valence-electron chi connectivity index (χ4n) is 2.04. The summed E-state index contributed by atoms with van der Waals surface area (Å²) in [5.41, 5.74) is 10.9. The zero-order chi connectivity index (χ0) is 15.4. The third-order valence-electron chi connectivity index (χ3n) is 3.37. The van der Waals surface area contributed by atoms with Crippen molar-refractivity contribution >= 4 is 11.7 Å². The van der Waals surface area contributed by atoms with Crippen LogP contribution in [0.3, 0.4) is 0 Å². The van der Waals surface area contributed by atoms with Gasteiger partial charge in [-0.3, -0.25) is 9.59 Å². The number of carbonyl (C=O) groups excluding carboxylic acids is 2. The first-order chi connectivity index (χ1) is 9.56. The Morgan fingerprint density at radius 2 is 1.45 bits per heavy atom. The van der Waals surface area contributed by atoms with Crippen LogP contribution >= 0.6 is 0 Å². The van der Waals surface area contributed by atoms with Crippen LogP contribution in [0.4, 0.5) is 0 Å². The number of nitrogens with two attached hydrogens (primary N) is 2. The average Bonchev–Trinajstić information content (AvgIpc) is 2.42. The molecular weight excluding hydrogens is 256 g/mol. The molecule has 0 saturated carbocycles. The van der Waals surface area contributed by atoms with E-state index in [2.05, 4.69) is 10.6 Å². The van der Waals surface area contributed by atoms with Gasteiger partial charge >= 0.3 is 0 Å². The highest BCUT2D eigenvalue weighted by molar-refractivity contribution is 5.89. The van der Waals surface area contributed by atoms with Gasteiger partial charge < -0.3 is 22.1 Å². The second-order valence-electron chi connectivity index (χ2n) is 5.08. The molecule has 0 unspecified atom stereocenters. The summed E-state index contributed by atoms with van der Waals surface area (Å²) in [6.45, 7) is 2.75. The molecular formula is C14H30N4O2. The smallest absolute Gasteiger partial charge is 0.237 e. The molecule has 1 amide bonds. The zero-order valence-corrected chi connectivity index (χ0v) is 12.8. The summed E-state index contributed by atoms with van der Waals surface area (Å²) in [4.78, 5) is 23.7. The minimum Gasteiger partial charge on any atom is -0.345 e. The zero-order valence-electron chi connectivity index (χ0n) is 12.8. The minimum absolute atomic E-state index is 0.00724. The molecule has 0 aromatic rings. The number of hydrogen-bond acceptors (Lipinski definition) is 5. The summed E-state index contributed by atoms with van der Waals surface area (Å²) in [6, 6.07) is -0.669. The lowest BCUT2D eigenvalue weighted by molar-refractivity contribution is -0.128. The number of Topliss-reactive ketones (excluding diaryl/α,β-unsaturated/α-hetero) is 1. The number of rotatable bonds is 12. The SMILES string of the molecule is CN[C@@H](CCCCN)C(=O)N[C@@H](CCCCN)C(C)=O. The summed E-state index contributed by atoms with van der Waals surface area (Å²) in [7, 11) is 1.75. The summed E-state index contributed by atoms with van der Waals surface area (Å²) in [6.07, 6.45) is 4.89. The Hall–Kier alpha value is -0.980. The first-order valence-electron chi connectivity index (χ1n) is 7.45. The highest BCUT2D eigenvalue weighted by Crippen LogP contribution is 2.05. The van der Waals surface area contributed by atoms with E-state index >= 15 is 0 Å². The molecule has 0 heterocycles. The lowest BCUT2D eigenvalue weighted by Gasteiger charge is -2.21. The van der Waals surface area contributed by atoms with E-state index in [4.69, 9.17) is 11.5 Å². The average molecular weight is 286 g/mol. The van der Waals surface area contributed by atoms with Gasteiger partial charge in [0.15, 0.2) is 5.78 Å². The van der Waals surface area contributed by atoms with E-state index in [1.807, 2.05) is 0 Å². The summed E-state index contributed by atoms with van der Waals surface area (Å²) in [5.74, 6) is -0.121. The van der Waals surface area contributed by atoms with E-state index in [1.54, 1.807) is 7.05 Å². The Balaban J connectivity index is 4.29. The minimum atomic E-state index is -0.403. The highest BCUT2D eigenvalue weighted by atomic mass is 16.2. The standard InChI is InChI=1S/C14H30N4O2/c1-11(19)12(7-3-5-9-15)18-14(20)13(17-2)8-4-6-10-16/h12-13,17H,3-10,15-16H2,1-2H3,(H,18,20)/t12-,13-/m0/s1. The van der Waals surface area contributed by atoms with E-state index < -0.39 is 6.04 Å². The van der Waals surface area contributed by atoms with Crippen molar-refractivity contribution in [2.75, 3.05) is 20.1 Å². The predicted octanol–water partition coefficient (Wildman–Crippen LogP) is -0.0938. The van der Waals surface area contributed by atoms with Crippen molar-refractivity contribution in [1.82, 2.24) is 10.6 Å². The van der Waals surface area contributed by atoms with Crippen molar-refractivity contribution in [3.8, 4) is 0 Å². The van der Waals surface area contributed by atoms with E-state index in [-0.39, 0.29) is 17.7 Å². The second-order valence-corrected chi connectivity index (χ2v) is 5.08. The maximum atomic E-state index is 12.1. The molecule has 0 bridgehead atoms. The number of carbonyl (C=O) groups is 2. The largest absolute Gasteiger partial charge is 0.345 e. The maximum Gasteiger partial charge on any atom is 0.237 e. The third kappa shape index (κ3) is 8.24. The van der Waals surface area contributed by atoms with Gasteiger partial charge in [0.2, 0.25) is 5.91 Å². The van der Waals surface area contributed by atoms with Crippen LogP contribution in [0.5, 0.6) is 0 Å². The van der Waals surface area contributed by atoms with Crippen molar-refractivity contribution in [1.29, 1.82) is 0 Å². The monoisotopic (exact) mass is 286 g/mol. The van der Waals surface area contributed by atoms with Gasteiger partial charge in [-0.15, -0.1) is 0 Å². The second kappa shape index (κ2) is 11.8. The van der Waals surface area contributed by atoms with Crippen LogP contribution in [0, 0.1) is 0 Å². The Bertz CT molecular complexity index is 284. The van der Waals surface area contributed by atoms with E-state index in [0.717, 1.165) is 32.1 Å². The van der Waals surface area contributed by atoms with Gasteiger partial charge in [-0.2, -0.15) is 0 Å². The molecule has 20 heavy (non-hydrogen) atoms. The molecule has 0 spiro atoms. The molecule has 6 nitrogen and oxygen atoms in total. The van der Waals surface area contributed by atoms with Crippen molar-refractivity contribution < 1.29 is 9.59 Å². The topological polar surface area (TPSA) is 110 Å². The number of unbranched alkanes of at least 4 members (excludes halogenated alkanes) is 2. The van der Waals surface area contributed by atoms with Gasteiger partial charge in [0.1, 0.15) is 0 Å². The van der Waals surface area contributed by atoms with Crippen LogP contribution in [0.2, 0.25) is 0 Å². The highest BCUT2D eigenvalue weighted by Gasteiger charge is 2.21. The molecule has 0 aromatic heterocycles. The van der Waals surface area contributed by atoms with Crippen molar-refractivity contribution in [2.45, 2.75) is 57.5 Å². The van der Waals surface area contributed by atoms with E-state index in [9.17, 15) is 9.59 Å². The lowest BCUT2D eigenvalue weighted by atomic mass is 10.0. The van der Waals surface area contributed by atoms with Gasteiger partial charge in [-0.05, 0) is 59.2 Å². The maximum absolute atomic E-state index is 12.1. The van der Waals surface area contributed by atoms with Crippen molar-refractivity contribution in [3.05, 3.63) is 0 Å². The number of nitrogens with one attached hydrogen (secondary N) is 2. The van der Waals surface area contributed by atoms with Gasteiger partial charge in [0, 0.05) is 0 Å². The van der Waals surface area contributed by atoms with Gasteiger partial charge in [0.05, 0.1) is 12.1 Å². The molecule has 0 aliphatic carbocycles. The fourth-order valence-corrected chi connectivity index (χ4v) is 2.04. The molecule has 0 radical (unpaired) electrons. The van der Waals surface area contributed by atoms with Crippen LogP contribution in [-0.2, 0) is 9.59 Å². The van der Waals surface area contributed by atoms with E-state index in [0.29, 0.717) is 19.5 Å². The molecule has 2 atom stereocenters. The number of likely N-dealkylation sites (N-methyl/N-ethyl adjacent to an activating group) is 1. The molecule has 118 valence electrons. The molecule has 0 aliphatic rings. The van der Waals surface area contributed by atoms with Gasteiger partial charge in [-0.25, -0.2) is 0 Å². The quantitative estimate of drug-likeness (QED) is 0.375. The molecule has 0 saturated heterocycles. The molecule has 0 aromatic carbocycles.